The van der Waals surface area contributed by atoms with Crippen LogP contribution in [-0.4, -0.2) is 11.8 Å². The first-order valence-electron chi connectivity index (χ1n) is 8.19. The Hall–Kier alpha value is -2.83. The lowest BCUT2D eigenvalue weighted by molar-refractivity contribution is -0.137. The smallest absolute Gasteiger partial charge is 0.326 e. The molecule has 1 atom stereocenters. The molecule has 3 rings (SSSR count). The summed E-state index contributed by atoms with van der Waals surface area (Å²) in [7, 11) is 0. The van der Waals surface area contributed by atoms with E-state index in [1.54, 1.807) is 0 Å². The molecule has 0 fully saturated rings. The van der Waals surface area contributed by atoms with Crippen LogP contribution in [0, 0.1) is 5.92 Å². The number of rotatable bonds is 4. The zero-order chi connectivity index (χ0) is 18.7. The minimum absolute atomic E-state index is 0.112. The zero-order valence-corrected chi connectivity index (χ0v) is 13.8. The zero-order valence-electron chi connectivity index (χ0n) is 13.8. The lowest BCUT2D eigenvalue weighted by Gasteiger charge is -2.24. The average Bonchev–Trinajstić information content (AvgIpc) is 2.59. The van der Waals surface area contributed by atoms with Gasteiger partial charge in [0.1, 0.15) is 0 Å². The summed E-state index contributed by atoms with van der Waals surface area (Å²) < 4.78 is 37.6. The number of halogens is 3. The van der Waals surface area contributed by atoms with E-state index in [2.05, 4.69) is 10.6 Å². The highest BCUT2D eigenvalue weighted by molar-refractivity contribution is 5.96. The van der Waals surface area contributed by atoms with Gasteiger partial charge in [-0.15, -0.1) is 0 Å². The molecule has 2 N–H and O–H groups in total. The Kier molecular flexibility index (Phi) is 4.97. The molecule has 2 aromatic rings. The van der Waals surface area contributed by atoms with Gasteiger partial charge in [0.25, 0.3) is 0 Å². The summed E-state index contributed by atoms with van der Waals surface area (Å²) in [6.07, 6.45) is -3.36. The predicted octanol–water partition coefficient (Wildman–Crippen LogP) is 4.24. The molecule has 7 heteroatoms. The molecule has 2 aromatic carbocycles. The van der Waals surface area contributed by atoms with Crippen LogP contribution in [0.5, 0.6) is 0 Å². The highest BCUT2D eigenvalue weighted by Crippen LogP contribution is 2.30. The Bertz CT molecular complexity index is 816. The summed E-state index contributed by atoms with van der Waals surface area (Å²) in [4.78, 5) is 24.1. The summed E-state index contributed by atoms with van der Waals surface area (Å²) in [5.41, 5.74) is 1.35. The Balaban J connectivity index is 1.54. The number of fused-ring (bicyclic) bond motifs is 1. The maximum absolute atomic E-state index is 12.5. The SMILES string of the molecule is O=C(CCC1Cc2ccccc2NC1=O)Nc1ccc(C(F)(F)F)cc1. The van der Waals surface area contributed by atoms with E-state index in [1.165, 1.54) is 12.1 Å². The van der Waals surface area contributed by atoms with Crippen molar-refractivity contribution in [2.45, 2.75) is 25.4 Å². The summed E-state index contributed by atoms with van der Waals surface area (Å²) >= 11 is 0. The monoisotopic (exact) mass is 362 g/mol. The largest absolute Gasteiger partial charge is 0.416 e. The molecule has 0 saturated carbocycles. The Morgan fingerprint density at radius 2 is 1.81 bits per heavy atom. The molecule has 0 aliphatic carbocycles. The molecule has 136 valence electrons. The molecule has 0 aromatic heterocycles. The van der Waals surface area contributed by atoms with Crippen molar-refractivity contribution < 1.29 is 22.8 Å². The van der Waals surface area contributed by atoms with Crippen LogP contribution >= 0.6 is 0 Å². The van der Waals surface area contributed by atoms with Gasteiger partial charge >= 0.3 is 6.18 Å². The van der Waals surface area contributed by atoms with Gasteiger partial charge in [-0.3, -0.25) is 9.59 Å². The fourth-order valence-electron chi connectivity index (χ4n) is 2.92. The molecule has 0 radical (unpaired) electrons. The Morgan fingerprint density at radius 3 is 2.50 bits per heavy atom. The van der Waals surface area contributed by atoms with E-state index in [4.69, 9.17) is 0 Å². The minimum Gasteiger partial charge on any atom is -0.326 e. The molecule has 1 aliphatic heterocycles. The van der Waals surface area contributed by atoms with Gasteiger partial charge in [0.05, 0.1) is 5.56 Å². The number of alkyl halides is 3. The second kappa shape index (κ2) is 7.19. The van der Waals surface area contributed by atoms with Crippen LogP contribution in [0.25, 0.3) is 0 Å². The van der Waals surface area contributed by atoms with Crippen LogP contribution in [0.2, 0.25) is 0 Å². The van der Waals surface area contributed by atoms with Crippen molar-refractivity contribution in [1.29, 1.82) is 0 Å². The number of hydrogen-bond acceptors (Lipinski definition) is 2. The fraction of sp³-hybridized carbons (Fsp3) is 0.263. The molecule has 2 amide bonds. The van der Waals surface area contributed by atoms with E-state index in [9.17, 15) is 22.8 Å². The lowest BCUT2D eigenvalue weighted by Crippen LogP contribution is -2.30. The topological polar surface area (TPSA) is 58.2 Å². The maximum Gasteiger partial charge on any atom is 0.416 e. The average molecular weight is 362 g/mol. The van der Waals surface area contributed by atoms with Gasteiger partial charge in [-0.25, -0.2) is 0 Å². The third kappa shape index (κ3) is 4.22. The number of anilines is 2. The third-order valence-electron chi connectivity index (χ3n) is 4.33. The summed E-state index contributed by atoms with van der Waals surface area (Å²) in [5, 5.41) is 5.38. The van der Waals surface area contributed by atoms with Gasteiger partial charge in [0, 0.05) is 23.7 Å². The molecule has 4 nitrogen and oxygen atoms in total. The van der Waals surface area contributed by atoms with E-state index in [-0.39, 0.29) is 24.2 Å². The number of hydrogen-bond donors (Lipinski definition) is 2. The number of nitrogens with one attached hydrogen (secondary N) is 2. The van der Waals surface area contributed by atoms with Gasteiger partial charge in [0.15, 0.2) is 0 Å². The molecule has 0 spiro atoms. The number of amides is 2. The predicted molar refractivity (Wildman–Crippen MR) is 91.6 cm³/mol. The molecule has 26 heavy (non-hydrogen) atoms. The van der Waals surface area contributed by atoms with Crippen molar-refractivity contribution in [2.75, 3.05) is 10.6 Å². The van der Waals surface area contributed by atoms with Crippen LogP contribution < -0.4 is 10.6 Å². The summed E-state index contributed by atoms with van der Waals surface area (Å²) in [6.45, 7) is 0. The quantitative estimate of drug-likeness (QED) is 0.855. The van der Waals surface area contributed by atoms with Gasteiger partial charge in [0.2, 0.25) is 11.8 Å². The van der Waals surface area contributed by atoms with Crippen molar-refractivity contribution in [3.63, 3.8) is 0 Å². The third-order valence-corrected chi connectivity index (χ3v) is 4.33. The van der Waals surface area contributed by atoms with Gasteiger partial charge in [-0.1, -0.05) is 18.2 Å². The summed E-state index contributed by atoms with van der Waals surface area (Å²) in [6, 6.07) is 11.8. The molecular formula is C19H17F3N2O2. The second-order valence-corrected chi connectivity index (χ2v) is 6.21. The number of para-hydroxylation sites is 1. The molecule has 0 saturated heterocycles. The van der Waals surface area contributed by atoms with E-state index in [0.717, 1.165) is 23.4 Å². The molecule has 1 heterocycles. The van der Waals surface area contributed by atoms with Gasteiger partial charge in [-0.05, 0) is 48.7 Å². The highest BCUT2D eigenvalue weighted by Gasteiger charge is 2.30. The molecule has 1 unspecified atom stereocenters. The first kappa shape index (κ1) is 18.0. The van der Waals surface area contributed by atoms with Gasteiger partial charge < -0.3 is 10.6 Å². The van der Waals surface area contributed by atoms with Crippen LogP contribution in [0.4, 0.5) is 24.5 Å². The van der Waals surface area contributed by atoms with E-state index < -0.39 is 11.7 Å². The lowest BCUT2D eigenvalue weighted by atomic mass is 9.89. The fourth-order valence-corrected chi connectivity index (χ4v) is 2.92. The Labute approximate surface area is 148 Å². The van der Waals surface area contributed by atoms with Gasteiger partial charge in [-0.2, -0.15) is 13.2 Å². The van der Waals surface area contributed by atoms with Crippen molar-refractivity contribution in [2.24, 2.45) is 5.92 Å². The van der Waals surface area contributed by atoms with Crippen LogP contribution in [0.15, 0.2) is 48.5 Å². The summed E-state index contributed by atoms with van der Waals surface area (Å²) in [5.74, 6) is -0.759. The van der Waals surface area contributed by atoms with E-state index in [1.807, 2.05) is 24.3 Å². The van der Waals surface area contributed by atoms with Crippen molar-refractivity contribution in [3.05, 3.63) is 59.7 Å². The Morgan fingerprint density at radius 1 is 1.12 bits per heavy atom. The minimum atomic E-state index is -4.41. The molecule has 0 bridgehead atoms. The first-order chi connectivity index (χ1) is 12.3. The number of benzene rings is 2. The second-order valence-electron chi connectivity index (χ2n) is 6.21. The number of carbonyl (C=O) groups is 2. The first-order valence-corrected chi connectivity index (χ1v) is 8.19. The van der Waals surface area contributed by atoms with Crippen molar-refractivity contribution in [1.82, 2.24) is 0 Å². The van der Waals surface area contributed by atoms with Crippen LogP contribution in [0.3, 0.4) is 0 Å². The number of carbonyl (C=O) groups excluding carboxylic acids is 2. The molecular weight excluding hydrogens is 345 g/mol. The van der Waals surface area contributed by atoms with Crippen molar-refractivity contribution >= 4 is 23.2 Å². The van der Waals surface area contributed by atoms with Crippen molar-refractivity contribution in [3.8, 4) is 0 Å². The van der Waals surface area contributed by atoms with E-state index >= 15 is 0 Å². The van der Waals surface area contributed by atoms with Crippen LogP contribution in [-0.2, 0) is 22.2 Å². The van der Waals surface area contributed by atoms with E-state index in [0.29, 0.717) is 18.5 Å². The normalized spacial score (nSPS) is 16.6. The molecule has 1 aliphatic rings. The van der Waals surface area contributed by atoms with Crippen LogP contribution in [0.1, 0.15) is 24.0 Å². The maximum atomic E-state index is 12.5. The standard InChI is InChI=1S/C19H17F3N2O2/c20-19(21,22)14-6-8-15(9-7-14)23-17(25)10-5-13-11-12-3-1-2-4-16(12)24-18(13)26/h1-4,6-9,13H,5,10-11H2,(H,23,25)(H,24,26). The highest BCUT2D eigenvalue weighted by atomic mass is 19.4.